The minimum Gasteiger partial charge on any atom is -0.312 e. The molecule has 82 valence electrons. The quantitative estimate of drug-likeness (QED) is 0.885. The molecule has 0 amide bonds. The fourth-order valence-electron chi connectivity index (χ4n) is 1.88. The molecule has 0 aromatic carbocycles. The van der Waals surface area contributed by atoms with E-state index < -0.39 is 0 Å². The number of nitrogens with zero attached hydrogens (tertiary/aromatic N) is 2. The van der Waals surface area contributed by atoms with Crippen molar-refractivity contribution in [2.24, 2.45) is 0 Å². The zero-order valence-corrected chi connectivity index (χ0v) is 10.5. The van der Waals surface area contributed by atoms with Crippen LogP contribution in [-0.4, -0.2) is 35.6 Å². The van der Waals surface area contributed by atoms with Crippen LogP contribution in [0.5, 0.6) is 0 Å². The van der Waals surface area contributed by atoms with Crippen LogP contribution in [0.25, 0.3) is 0 Å². The minimum absolute atomic E-state index is 0.592. The third-order valence-corrected chi connectivity index (χ3v) is 3.10. The van der Waals surface area contributed by atoms with Crippen molar-refractivity contribution in [2.75, 3.05) is 19.6 Å². The monoisotopic (exact) mass is 269 g/mol. The first-order valence-electron chi connectivity index (χ1n) is 5.30. The van der Waals surface area contributed by atoms with E-state index in [2.05, 4.69) is 44.1 Å². The van der Waals surface area contributed by atoms with E-state index in [1.165, 1.54) is 0 Å². The molecule has 15 heavy (non-hydrogen) atoms. The van der Waals surface area contributed by atoms with Crippen LogP contribution in [0.1, 0.15) is 12.6 Å². The summed E-state index contributed by atoms with van der Waals surface area (Å²) in [5, 5.41) is 3.44. The number of hydrogen-bond donors (Lipinski definition) is 1. The highest BCUT2D eigenvalue weighted by molar-refractivity contribution is 9.10. The van der Waals surface area contributed by atoms with Gasteiger partial charge in [-0.1, -0.05) is 0 Å². The van der Waals surface area contributed by atoms with Gasteiger partial charge in [-0.2, -0.15) is 0 Å². The maximum atomic E-state index is 4.39. The Hall–Kier alpha value is -0.450. The van der Waals surface area contributed by atoms with Crippen LogP contribution < -0.4 is 5.32 Å². The average Bonchev–Trinajstić information content (AvgIpc) is 2.22. The molecule has 3 nitrogen and oxygen atoms in total. The Morgan fingerprint density at radius 3 is 3.13 bits per heavy atom. The summed E-state index contributed by atoms with van der Waals surface area (Å²) in [7, 11) is 0. The molecular weight excluding hydrogens is 254 g/mol. The predicted molar refractivity (Wildman–Crippen MR) is 64.7 cm³/mol. The summed E-state index contributed by atoms with van der Waals surface area (Å²) >= 11 is 3.39. The van der Waals surface area contributed by atoms with E-state index in [-0.39, 0.29) is 0 Å². The van der Waals surface area contributed by atoms with E-state index in [0.29, 0.717) is 6.04 Å². The Bertz CT molecular complexity index is 312. The third-order valence-electron chi connectivity index (χ3n) is 2.63. The lowest BCUT2D eigenvalue weighted by molar-refractivity contribution is 0.197. The van der Waals surface area contributed by atoms with Gasteiger partial charge in [0.15, 0.2) is 0 Å². The van der Waals surface area contributed by atoms with E-state index in [1.807, 2.05) is 12.3 Å². The molecule has 1 saturated heterocycles. The molecule has 2 rings (SSSR count). The summed E-state index contributed by atoms with van der Waals surface area (Å²) in [5.74, 6) is 0. The van der Waals surface area contributed by atoms with Crippen molar-refractivity contribution < 1.29 is 0 Å². The van der Waals surface area contributed by atoms with E-state index in [4.69, 9.17) is 0 Å². The fourth-order valence-corrected chi connectivity index (χ4v) is 2.12. The predicted octanol–water partition coefficient (Wildman–Crippen LogP) is 1.64. The van der Waals surface area contributed by atoms with Crippen LogP contribution in [-0.2, 0) is 6.54 Å². The van der Waals surface area contributed by atoms with E-state index in [9.17, 15) is 0 Å². The van der Waals surface area contributed by atoms with Crippen molar-refractivity contribution in [2.45, 2.75) is 19.5 Å². The maximum Gasteiger partial charge on any atom is 0.0544 e. The summed E-state index contributed by atoms with van der Waals surface area (Å²) in [6.45, 7) is 6.48. The third kappa shape index (κ3) is 3.26. The fraction of sp³-hybridized carbons (Fsp3) is 0.545. The topological polar surface area (TPSA) is 28.2 Å². The molecule has 0 aliphatic carbocycles. The second-order valence-corrected chi connectivity index (χ2v) is 4.97. The van der Waals surface area contributed by atoms with Crippen molar-refractivity contribution in [3.05, 3.63) is 28.5 Å². The van der Waals surface area contributed by atoms with Crippen molar-refractivity contribution in [1.82, 2.24) is 15.2 Å². The van der Waals surface area contributed by atoms with Crippen molar-refractivity contribution in [3.63, 3.8) is 0 Å². The Balaban J connectivity index is 1.93. The number of aromatic nitrogens is 1. The molecule has 0 radical (unpaired) electrons. The first-order chi connectivity index (χ1) is 7.24. The van der Waals surface area contributed by atoms with Gasteiger partial charge < -0.3 is 5.32 Å². The van der Waals surface area contributed by atoms with Crippen LogP contribution in [0.2, 0.25) is 0 Å². The van der Waals surface area contributed by atoms with Gasteiger partial charge in [0.1, 0.15) is 0 Å². The molecule has 1 aliphatic heterocycles. The molecule has 2 heterocycles. The second-order valence-electron chi connectivity index (χ2n) is 4.06. The number of pyridine rings is 1. The van der Waals surface area contributed by atoms with Crippen molar-refractivity contribution in [1.29, 1.82) is 0 Å². The first-order valence-corrected chi connectivity index (χ1v) is 6.09. The number of hydrogen-bond acceptors (Lipinski definition) is 3. The summed E-state index contributed by atoms with van der Waals surface area (Å²) < 4.78 is 1.04. The summed E-state index contributed by atoms with van der Waals surface area (Å²) in [5.41, 5.74) is 1.15. The smallest absolute Gasteiger partial charge is 0.0544 e. The zero-order chi connectivity index (χ0) is 10.7. The second kappa shape index (κ2) is 5.05. The molecule has 1 aromatic rings. The highest BCUT2D eigenvalue weighted by Crippen LogP contribution is 2.10. The largest absolute Gasteiger partial charge is 0.312 e. The lowest BCUT2D eigenvalue weighted by Gasteiger charge is -2.31. The van der Waals surface area contributed by atoms with Gasteiger partial charge in [-0.3, -0.25) is 9.88 Å². The highest BCUT2D eigenvalue weighted by Gasteiger charge is 2.15. The normalized spacial score (nSPS) is 22.9. The summed E-state index contributed by atoms with van der Waals surface area (Å²) in [4.78, 5) is 6.83. The van der Waals surface area contributed by atoms with E-state index >= 15 is 0 Å². The average molecular weight is 270 g/mol. The standard InChI is InChI=1S/C11H16BrN3/c1-9-7-15(5-4-13-9)8-11-3-2-10(12)6-14-11/h2-3,6,9,13H,4-5,7-8H2,1H3/t9-/m1/s1. The van der Waals surface area contributed by atoms with Gasteiger partial charge in [0.05, 0.1) is 5.69 Å². The number of halogens is 1. The molecule has 1 N–H and O–H groups in total. The molecule has 1 aliphatic rings. The van der Waals surface area contributed by atoms with Gasteiger partial charge in [0.25, 0.3) is 0 Å². The number of piperazine rings is 1. The SMILES string of the molecule is C[C@@H]1CN(Cc2ccc(Br)cn2)CCN1. The van der Waals surface area contributed by atoms with Gasteiger partial charge >= 0.3 is 0 Å². The molecule has 0 saturated carbocycles. The van der Waals surface area contributed by atoms with E-state index in [0.717, 1.165) is 36.3 Å². The molecule has 1 aromatic heterocycles. The maximum absolute atomic E-state index is 4.39. The van der Waals surface area contributed by atoms with Crippen LogP contribution in [0.15, 0.2) is 22.8 Å². The van der Waals surface area contributed by atoms with Crippen LogP contribution in [0.3, 0.4) is 0 Å². The molecular formula is C11H16BrN3. The van der Waals surface area contributed by atoms with Gasteiger partial charge in [0.2, 0.25) is 0 Å². The molecule has 1 atom stereocenters. The van der Waals surface area contributed by atoms with Crippen molar-refractivity contribution >= 4 is 15.9 Å². The van der Waals surface area contributed by atoms with E-state index in [1.54, 1.807) is 0 Å². The summed E-state index contributed by atoms with van der Waals surface area (Å²) in [6, 6.07) is 4.72. The lowest BCUT2D eigenvalue weighted by Crippen LogP contribution is -2.48. The van der Waals surface area contributed by atoms with Crippen LogP contribution >= 0.6 is 15.9 Å². The number of rotatable bonds is 2. The molecule has 1 fully saturated rings. The Labute approximate surface area is 99.0 Å². The molecule has 4 heteroatoms. The Morgan fingerprint density at radius 2 is 2.47 bits per heavy atom. The lowest BCUT2D eigenvalue weighted by atomic mass is 10.2. The molecule has 0 bridgehead atoms. The minimum atomic E-state index is 0.592. The van der Waals surface area contributed by atoms with Crippen LogP contribution in [0.4, 0.5) is 0 Å². The Morgan fingerprint density at radius 1 is 1.60 bits per heavy atom. The number of nitrogens with one attached hydrogen (secondary N) is 1. The van der Waals surface area contributed by atoms with Gasteiger partial charge in [-0.05, 0) is 35.0 Å². The molecule has 0 spiro atoms. The van der Waals surface area contributed by atoms with Gasteiger partial charge in [-0.15, -0.1) is 0 Å². The van der Waals surface area contributed by atoms with Gasteiger partial charge in [0, 0.05) is 42.9 Å². The zero-order valence-electron chi connectivity index (χ0n) is 8.91. The van der Waals surface area contributed by atoms with Crippen molar-refractivity contribution in [3.8, 4) is 0 Å². The molecule has 0 unspecified atom stereocenters. The highest BCUT2D eigenvalue weighted by atomic mass is 79.9. The van der Waals surface area contributed by atoms with Crippen LogP contribution in [0, 0.1) is 0 Å². The summed E-state index contributed by atoms with van der Waals surface area (Å²) in [6.07, 6.45) is 1.86. The first kappa shape index (κ1) is 11.0. The van der Waals surface area contributed by atoms with Gasteiger partial charge in [-0.25, -0.2) is 0 Å². The Kier molecular flexibility index (Phi) is 3.72.